The molecule has 158 valence electrons. The van der Waals surface area contributed by atoms with Gasteiger partial charge in [0.2, 0.25) is 5.88 Å². The molecule has 2 aliphatic rings. The molecule has 1 amide bonds. The number of hydrogen-bond acceptors (Lipinski definition) is 7. The van der Waals surface area contributed by atoms with Gasteiger partial charge in [-0.1, -0.05) is 23.4 Å². The van der Waals surface area contributed by atoms with Crippen molar-refractivity contribution in [3.8, 4) is 5.88 Å². The molecule has 1 fully saturated rings. The largest absolute Gasteiger partial charge is 0.481 e. The van der Waals surface area contributed by atoms with Crippen molar-refractivity contribution in [2.24, 2.45) is 16.6 Å². The maximum atomic E-state index is 13.8. The van der Waals surface area contributed by atoms with Crippen LogP contribution in [0.3, 0.4) is 0 Å². The fourth-order valence-corrected chi connectivity index (χ4v) is 5.30. The van der Waals surface area contributed by atoms with E-state index in [9.17, 15) is 13.6 Å². The fraction of sp³-hybridized carbons (Fsp3) is 0.368. The van der Waals surface area contributed by atoms with Crippen molar-refractivity contribution in [1.29, 1.82) is 0 Å². The average Bonchev–Trinajstić information content (AvgIpc) is 3.45. The zero-order chi connectivity index (χ0) is 21.7. The number of pyridine rings is 2. The lowest BCUT2D eigenvalue weighted by molar-refractivity contribution is 0.102. The van der Waals surface area contributed by atoms with Gasteiger partial charge in [-0.25, -0.2) is 18.7 Å². The van der Waals surface area contributed by atoms with Crippen LogP contribution in [0.25, 0.3) is 0 Å². The molecule has 0 unspecified atom stereocenters. The number of aliphatic imine (C=N–C) groups is 1. The first-order valence-corrected chi connectivity index (χ1v) is 10.2. The van der Waals surface area contributed by atoms with Crippen LogP contribution < -0.4 is 15.8 Å². The molecule has 4 rings (SSSR count). The summed E-state index contributed by atoms with van der Waals surface area (Å²) in [5, 5.41) is 3.20. The summed E-state index contributed by atoms with van der Waals surface area (Å²) >= 11 is 6.72. The van der Waals surface area contributed by atoms with Crippen molar-refractivity contribution < 1.29 is 18.3 Å². The van der Waals surface area contributed by atoms with Crippen molar-refractivity contribution in [3.05, 3.63) is 46.9 Å². The number of amides is 1. The van der Waals surface area contributed by atoms with E-state index in [0.717, 1.165) is 11.8 Å². The summed E-state index contributed by atoms with van der Waals surface area (Å²) < 4.78 is 31.7. The zero-order valence-corrected chi connectivity index (χ0v) is 17.6. The van der Waals surface area contributed by atoms with Gasteiger partial charge in [0.15, 0.2) is 5.17 Å². The first kappa shape index (κ1) is 20.8. The Morgan fingerprint density at radius 1 is 1.40 bits per heavy atom. The standard InChI is InChI=1S/C19H18ClF2N5O2S/c1-18(13-6-19(13,16(21)22)30-17(23)27-18)11-5-10(8-25-15(11)29-2)26-14(28)12-4-3-9(20)7-24-12/h3-5,7-8,13,16H,6H2,1-2H3,(H2,23,27)(H,26,28)/t13-,18-,19-/m0/s1. The van der Waals surface area contributed by atoms with E-state index in [2.05, 4.69) is 20.3 Å². The Morgan fingerprint density at radius 2 is 2.17 bits per heavy atom. The average molecular weight is 454 g/mol. The minimum Gasteiger partial charge on any atom is -0.481 e. The molecule has 0 bridgehead atoms. The van der Waals surface area contributed by atoms with Gasteiger partial charge in [-0.2, -0.15) is 0 Å². The molecule has 1 aliphatic heterocycles. The number of halogens is 3. The monoisotopic (exact) mass is 453 g/mol. The Morgan fingerprint density at radius 3 is 2.80 bits per heavy atom. The maximum absolute atomic E-state index is 13.8. The molecule has 0 aromatic carbocycles. The number of nitrogens with one attached hydrogen (secondary N) is 1. The highest BCUT2D eigenvalue weighted by Crippen LogP contribution is 2.68. The first-order valence-electron chi connectivity index (χ1n) is 8.99. The third kappa shape index (κ3) is 3.37. The van der Waals surface area contributed by atoms with Gasteiger partial charge < -0.3 is 15.8 Å². The topological polar surface area (TPSA) is 102 Å². The number of carbonyl (C=O) groups is 1. The molecule has 30 heavy (non-hydrogen) atoms. The van der Waals surface area contributed by atoms with E-state index in [-0.39, 0.29) is 23.2 Å². The highest BCUT2D eigenvalue weighted by Gasteiger charge is 2.71. The Bertz CT molecular complexity index is 1040. The van der Waals surface area contributed by atoms with Crippen LogP contribution in [-0.4, -0.2) is 39.3 Å². The summed E-state index contributed by atoms with van der Waals surface area (Å²) in [7, 11) is 1.43. The highest BCUT2D eigenvalue weighted by molar-refractivity contribution is 8.15. The maximum Gasteiger partial charge on any atom is 0.274 e. The zero-order valence-electron chi connectivity index (χ0n) is 16.0. The van der Waals surface area contributed by atoms with Crippen LogP contribution in [0.15, 0.2) is 35.6 Å². The van der Waals surface area contributed by atoms with Crippen LogP contribution in [0.5, 0.6) is 5.88 Å². The van der Waals surface area contributed by atoms with E-state index in [4.69, 9.17) is 22.1 Å². The molecule has 1 aliphatic carbocycles. The van der Waals surface area contributed by atoms with Crippen molar-refractivity contribution in [3.63, 3.8) is 0 Å². The third-order valence-electron chi connectivity index (χ3n) is 5.45. The number of rotatable bonds is 5. The number of carbonyl (C=O) groups excluding carboxylic acids is 1. The second-order valence-corrected chi connectivity index (χ2v) is 9.13. The van der Waals surface area contributed by atoms with Crippen molar-refractivity contribution >= 4 is 40.1 Å². The van der Waals surface area contributed by atoms with Crippen LogP contribution in [0.2, 0.25) is 5.02 Å². The van der Waals surface area contributed by atoms with Crippen molar-refractivity contribution in [2.75, 3.05) is 12.4 Å². The summed E-state index contributed by atoms with van der Waals surface area (Å²) in [5.41, 5.74) is 5.84. The van der Waals surface area contributed by atoms with Crippen LogP contribution in [0.1, 0.15) is 29.4 Å². The van der Waals surface area contributed by atoms with E-state index < -0.39 is 28.5 Å². The summed E-state index contributed by atoms with van der Waals surface area (Å²) in [5.74, 6) is -0.675. The molecular weight excluding hydrogens is 436 g/mol. The lowest BCUT2D eigenvalue weighted by Crippen LogP contribution is -2.38. The van der Waals surface area contributed by atoms with Crippen LogP contribution in [0, 0.1) is 5.92 Å². The van der Waals surface area contributed by atoms with Gasteiger partial charge in [0.25, 0.3) is 12.3 Å². The van der Waals surface area contributed by atoms with Gasteiger partial charge in [0, 0.05) is 17.7 Å². The SMILES string of the molecule is COc1ncc(NC(=O)c2ccc(Cl)cn2)cc1[C@]1(C)N=C(N)S[C@@]2(C(F)F)C[C@@H]12. The van der Waals surface area contributed by atoms with Gasteiger partial charge >= 0.3 is 0 Å². The molecule has 3 N–H and O–H groups in total. The summed E-state index contributed by atoms with van der Waals surface area (Å²) in [6.45, 7) is 1.74. The molecule has 3 heterocycles. The second kappa shape index (κ2) is 7.35. The number of hydrogen-bond donors (Lipinski definition) is 2. The van der Waals surface area contributed by atoms with E-state index >= 15 is 0 Å². The molecule has 2 aromatic heterocycles. The number of alkyl halides is 2. The molecule has 2 aromatic rings. The number of anilines is 1. The number of ether oxygens (including phenoxy) is 1. The highest BCUT2D eigenvalue weighted by atomic mass is 35.5. The lowest BCUT2D eigenvalue weighted by atomic mass is 9.86. The third-order valence-corrected chi connectivity index (χ3v) is 6.98. The van der Waals surface area contributed by atoms with Gasteiger partial charge in [-0.05, 0) is 31.5 Å². The van der Waals surface area contributed by atoms with Crippen molar-refractivity contribution in [2.45, 2.75) is 30.1 Å². The van der Waals surface area contributed by atoms with Crippen LogP contribution in [0.4, 0.5) is 14.5 Å². The Hall–Kier alpha value is -2.46. The summed E-state index contributed by atoms with van der Waals surface area (Å²) in [6, 6.07) is 4.67. The van der Waals surface area contributed by atoms with Gasteiger partial charge in [0.05, 0.1) is 34.3 Å². The van der Waals surface area contributed by atoms with Gasteiger partial charge in [-0.15, -0.1) is 0 Å². The number of methoxy groups -OCH3 is 1. The fourth-order valence-electron chi connectivity index (χ4n) is 3.86. The quantitative estimate of drug-likeness (QED) is 0.715. The van der Waals surface area contributed by atoms with Crippen molar-refractivity contribution in [1.82, 2.24) is 9.97 Å². The molecule has 0 spiro atoms. The minimum absolute atomic E-state index is 0.0911. The summed E-state index contributed by atoms with van der Waals surface area (Å²) in [6.07, 6.45) is 0.504. The first-order chi connectivity index (χ1) is 14.2. The molecule has 7 nitrogen and oxygen atoms in total. The predicted octanol–water partition coefficient (Wildman–Crippen LogP) is 3.69. The number of amidine groups is 1. The van der Waals surface area contributed by atoms with E-state index in [0.29, 0.717) is 16.3 Å². The molecule has 3 atom stereocenters. The molecule has 0 radical (unpaired) electrons. The van der Waals surface area contributed by atoms with Gasteiger partial charge in [0.1, 0.15) is 5.69 Å². The number of nitrogens with zero attached hydrogens (tertiary/aromatic N) is 3. The molecular formula is C19H18ClF2N5O2S. The summed E-state index contributed by atoms with van der Waals surface area (Å²) in [4.78, 5) is 25.2. The second-order valence-electron chi connectivity index (χ2n) is 7.31. The molecule has 11 heteroatoms. The Labute approximate surface area is 180 Å². The predicted molar refractivity (Wildman–Crippen MR) is 111 cm³/mol. The van der Waals surface area contributed by atoms with Crippen LogP contribution in [-0.2, 0) is 5.54 Å². The van der Waals surface area contributed by atoms with E-state index in [1.165, 1.54) is 25.6 Å². The molecule has 0 saturated heterocycles. The number of nitrogens with two attached hydrogens (primary N) is 1. The van der Waals surface area contributed by atoms with E-state index in [1.807, 2.05) is 0 Å². The smallest absolute Gasteiger partial charge is 0.274 e. The minimum atomic E-state index is -2.54. The number of thioether (sulfide) groups is 1. The Kier molecular flexibility index (Phi) is 5.09. The van der Waals surface area contributed by atoms with Crippen LogP contribution >= 0.6 is 23.4 Å². The van der Waals surface area contributed by atoms with E-state index in [1.54, 1.807) is 19.1 Å². The number of aromatic nitrogens is 2. The lowest BCUT2D eigenvalue weighted by Gasteiger charge is -2.34. The normalized spacial score (nSPS) is 27.3. The number of fused-ring (bicyclic) bond motifs is 1. The van der Waals surface area contributed by atoms with Gasteiger partial charge in [-0.3, -0.25) is 9.79 Å². The molecule has 1 saturated carbocycles. The Balaban J connectivity index is 1.69.